The first-order valence-electron chi connectivity index (χ1n) is 8.41. The van der Waals surface area contributed by atoms with Crippen LogP contribution in [0.5, 0.6) is 0 Å². The molecule has 2 aliphatic rings. The molecular formula is C17H22N2O4S2. The zero-order valence-electron chi connectivity index (χ0n) is 14.2. The van der Waals surface area contributed by atoms with E-state index in [9.17, 15) is 14.4 Å². The van der Waals surface area contributed by atoms with E-state index in [-0.39, 0.29) is 29.0 Å². The molecule has 0 aliphatic carbocycles. The second kappa shape index (κ2) is 8.23. The van der Waals surface area contributed by atoms with E-state index in [1.165, 1.54) is 18.4 Å². The summed E-state index contributed by atoms with van der Waals surface area (Å²) < 4.78 is 4.80. The van der Waals surface area contributed by atoms with Crippen LogP contribution in [-0.4, -0.2) is 71.9 Å². The van der Waals surface area contributed by atoms with Gasteiger partial charge < -0.3 is 14.5 Å². The average molecular weight is 383 g/mol. The third kappa shape index (κ3) is 4.17. The van der Waals surface area contributed by atoms with Crippen LogP contribution in [0.4, 0.5) is 0 Å². The molecule has 8 heteroatoms. The van der Waals surface area contributed by atoms with Gasteiger partial charge in [-0.1, -0.05) is 6.07 Å². The third-order valence-electron chi connectivity index (χ3n) is 4.71. The summed E-state index contributed by atoms with van der Waals surface area (Å²) >= 11 is 2.99. The van der Waals surface area contributed by atoms with Crippen LogP contribution in [0.15, 0.2) is 17.5 Å². The second-order valence-corrected chi connectivity index (χ2v) is 8.47. The van der Waals surface area contributed by atoms with Crippen molar-refractivity contribution in [3.8, 4) is 0 Å². The van der Waals surface area contributed by atoms with Crippen molar-refractivity contribution in [1.82, 2.24) is 9.80 Å². The summed E-state index contributed by atoms with van der Waals surface area (Å²) in [5, 5.41) is 1.61. The Kier molecular flexibility index (Phi) is 6.01. The van der Waals surface area contributed by atoms with Crippen LogP contribution < -0.4 is 0 Å². The monoisotopic (exact) mass is 382 g/mol. The van der Waals surface area contributed by atoms with E-state index in [1.54, 1.807) is 16.7 Å². The maximum Gasteiger partial charge on any atom is 0.320 e. The molecule has 0 unspecified atom stereocenters. The molecule has 0 radical (unpaired) electrons. The molecule has 0 N–H and O–H groups in total. The molecule has 0 bridgehead atoms. The zero-order chi connectivity index (χ0) is 17.8. The number of carbonyl (C=O) groups excluding carboxylic acids is 3. The van der Waals surface area contributed by atoms with Crippen LogP contribution in [0.3, 0.4) is 0 Å². The highest BCUT2D eigenvalue weighted by Gasteiger charge is 2.35. The summed E-state index contributed by atoms with van der Waals surface area (Å²) in [6.07, 6.45) is 1.37. The number of methoxy groups -OCH3 is 1. The first-order valence-corrected chi connectivity index (χ1v) is 10.3. The fraction of sp³-hybridized carbons (Fsp3) is 0.588. The van der Waals surface area contributed by atoms with Gasteiger partial charge in [0.25, 0.3) is 5.91 Å². The molecule has 2 amide bonds. The normalized spacial score (nSPS) is 21.9. The van der Waals surface area contributed by atoms with Gasteiger partial charge in [-0.05, 0) is 24.3 Å². The molecule has 3 heterocycles. The lowest BCUT2D eigenvalue weighted by Crippen LogP contribution is -2.49. The number of piperidine rings is 1. The Morgan fingerprint density at radius 3 is 2.56 bits per heavy atom. The number of esters is 1. The highest BCUT2D eigenvalue weighted by Crippen LogP contribution is 2.26. The minimum absolute atomic E-state index is 0.0565. The quantitative estimate of drug-likeness (QED) is 0.745. The second-order valence-electron chi connectivity index (χ2n) is 6.21. The highest BCUT2D eigenvalue weighted by atomic mass is 32.2. The predicted octanol–water partition coefficient (Wildman–Crippen LogP) is 1.72. The molecule has 25 heavy (non-hydrogen) atoms. The van der Waals surface area contributed by atoms with E-state index in [4.69, 9.17) is 4.74 Å². The molecule has 136 valence electrons. The van der Waals surface area contributed by atoms with Gasteiger partial charge in [0.2, 0.25) is 5.91 Å². The van der Waals surface area contributed by atoms with Crippen LogP contribution in [0.1, 0.15) is 22.5 Å². The van der Waals surface area contributed by atoms with Crippen LogP contribution in [-0.2, 0) is 14.3 Å². The van der Waals surface area contributed by atoms with E-state index in [0.29, 0.717) is 39.0 Å². The largest absolute Gasteiger partial charge is 0.468 e. The van der Waals surface area contributed by atoms with Gasteiger partial charge in [-0.25, -0.2) is 0 Å². The van der Waals surface area contributed by atoms with Crippen molar-refractivity contribution in [2.45, 2.75) is 18.1 Å². The van der Waals surface area contributed by atoms with Crippen molar-refractivity contribution in [2.24, 2.45) is 5.92 Å². The zero-order valence-corrected chi connectivity index (χ0v) is 15.8. The predicted molar refractivity (Wildman–Crippen MR) is 97.8 cm³/mol. The molecule has 2 fully saturated rings. The summed E-state index contributed by atoms with van der Waals surface area (Å²) in [4.78, 5) is 41.2. The molecule has 1 atom stereocenters. The average Bonchev–Trinajstić information content (AvgIpc) is 3.21. The number of amides is 2. The van der Waals surface area contributed by atoms with Crippen molar-refractivity contribution in [1.29, 1.82) is 0 Å². The number of hydrogen-bond donors (Lipinski definition) is 0. The number of thioether (sulfide) groups is 1. The lowest BCUT2D eigenvalue weighted by Gasteiger charge is -2.36. The summed E-state index contributed by atoms with van der Waals surface area (Å²) in [6, 6.07) is 3.71. The first-order chi connectivity index (χ1) is 12.1. The summed E-state index contributed by atoms with van der Waals surface area (Å²) in [7, 11) is 1.38. The Balaban J connectivity index is 1.53. The number of carbonyl (C=O) groups is 3. The van der Waals surface area contributed by atoms with E-state index < -0.39 is 0 Å². The van der Waals surface area contributed by atoms with Crippen molar-refractivity contribution >= 4 is 40.9 Å². The Bertz CT molecular complexity index is 627. The Labute approximate surface area is 155 Å². The molecule has 0 aromatic carbocycles. The van der Waals surface area contributed by atoms with Gasteiger partial charge in [-0.2, -0.15) is 0 Å². The van der Waals surface area contributed by atoms with Crippen molar-refractivity contribution in [2.75, 3.05) is 39.0 Å². The van der Waals surface area contributed by atoms with Crippen LogP contribution in [0.25, 0.3) is 0 Å². The van der Waals surface area contributed by atoms with Gasteiger partial charge >= 0.3 is 5.97 Å². The van der Waals surface area contributed by atoms with Gasteiger partial charge in [0, 0.05) is 37.8 Å². The number of nitrogens with zero attached hydrogens (tertiary/aromatic N) is 2. The molecule has 2 saturated heterocycles. The van der Waals surface area contributed by atoms with Crippen LogP contribution in [0, 0.1) is 5.92 Å². The molecule has 0 spiro atoms. The fourth-order valence-corrected chi connectivity index (χ4v) is 5.09. The number of ether oxygens (including phenoxy) is 1. The summed E-state index contributed by atoms with van der Waals surface area (Å²) in [5.74, 6) is 0.590. The molecule has 1 aromatic rings. The maximum atomic E-state index is 12.8. The highest BCUT2D eigenvalue weighted by molar-refractivity contribution is 8.00. The lowest BCUT2D eigenvalue weighted by molar-refractivity contribution is -0.142. The molecule has 6 nitrogen and oxygen atoms in total. The van der Waals surface area contributed by atoms with E-state index in [2.05, 4.69) is 0 Å². The third-order valence-corrected chi connectivity index (χ3v) is 6.73. The van der Waals surface area contributed by atoms with Crippen molar-refractivity contribution in [3.63, 3.8) is 0 Å². The Morgan fingerprint density at radius 2 is 1.92 bits per heavy atom. The summed E-state index contributed by atoms with van der Waals surface area (Å²) in [5.41, 5.74) is 0. The minimum Gasteiger partial charge on any atom is -0.468 e. The van der Waals surface area contributed by atoms with E-state index in [1.807, 2.05) is 22.4 Å². The van der Waals surface area contributed by atoms with Gasteiger partial charge in [0.1, 0.15) is 5.25 Å². The maximum absolute atomic E-state index is 12.8. The number of likely N-dealkylation sites (tertiary alicyclic amines) is 1. The van der Waals surface area contributed by atoms with E-state index >= 15 is 0 Å². The fourth-order valence-electron chi connectivity index (χ4n) is 3.27. The number of thiophene rings is 1. The minimum atomic E-state index is -0.289. The molecule has 1 aromatic heterocycles. The molecular weight excluding hydrogens is 360 g/mol. The number of hydrogen-bond acceptors (Lipinski definition) is 6. The lowest BCUT2D eigenvalue weighted by atomic mass is 9.95. The van der Waals surface area contributed by atoms with E-state index in [0.717, 1.165) is 10.6 Å². The SMILES string of the molecule is COC(=O)[C@@H]1CN(C(=O)C2CCN(C(=O)c3cccs3)CC2)CCS1. The smallest absolute Gasteiger partial charge is 0.320 e. The van der Waals surface area contributed by atoms with Gasteiger partial charge in [-0.15, -0.1) is 23.1 Å². The van der Waals surface area contributed by atoms with Crippen LogP contribution in [0.2, 0.25) is 0 Å². The topological polar surface area (TPSA) is 66.9 Å². The van der Waals surface area contributed by atoms with Gasteiger partial charge in [0.05, 0.1) is 12.0 Å². The summed E-state index contributed by atoms with van der Waals surface area (Å²) in [6.45, 7) is 2.31. The van der Waals surface area contributed by atoms with Gasteiger partial charge in [-0.3, -0.25) is 14.4 Å². The van der Waals surface area contributed by atoms with Crippen molar-refractivity contribution in [3.05, 3.63) is 22.4 Å². The molecule has 2 aliphatic heterocycles. The Morgan fingerprint density at radius 1 is 1.16 bits per heavy atom. The van der Waals surface area contributed by atoms with Gasteiger partial charge in [0.15, 0.2) is 0 Å². The Hall–Kier alpha value is -1.54. The van der Waals surface area contributed by atoms with Crippen LogP contribution >= 0.6 is 23.1 Å². The molecule has 3 rings (SSSR count). The first kappa shape index (κ1) is 18.3. The van der Waals surface area contributed by atoms with Crippen molar-refractivity contribution < 1.29 is 19.1 Å². The molecule has 0 saturated carbocycles. The standard InChI is InChI=1S/C17H22N2O4S2/c1-23-17(22)14-11-19(8-10-25-14)15(20)12-4-6-18(7-5-12)16(21)13-3-2-9-24-13/h2-3,9,12,14H,4-8,10-11H2,1H3/t14-/m0/s1. The number of rotatable bonds is 3.